The first-order valence-corrected chi connectivity index (χ1v) is 7.49. The zero-order valence-corrected chi connectivity index (χ0v) is 13.7. The summed E-state index contributed by atoms with van der Waals surface area (Å²) < 4.78 is 6.05. The fourth-order valence-electron chi connectivity index (χ4n) is 2.13. The van der Waals surface area contributed by atoms with Gasteiger partial charge in [-0.15, -0.1) is 0 Å². The molecule has 0 aliphatic carbocycles. The fraction of sp³-hybridized carbons (Fsp3) is 0.188. The summed E-state index contributed by atoms with van der Waals surface area (Å²) in [5.74, 6) is -0.845. The van der Waals surface area contributed by atoms with Gasteiger partial charge in [-0.2, -0.15) is 0 Å². The molecule has 2 rings (SSSR count). The molecule has 21 heavy (non-hydrogen) atoms. The molecule has 0 amide bonds. The van der Waals surface area contributed by atoms with Crippen LogP contribution in [-0.4, -0.2) is 18.2 Å². The van der Waals surface area contributed by atoms with E-state index in [9.17, 15) is 9.90 Å². The van der Waals surface area contributed by atoms with Crippen LogP contribution in [0.15, 0.2) is 46.9 Å². The third-order valence-electron chi connectivity index (χ3n) is 3.23. The molecule has 5 heteroatoms. The largest absolute Gasteiger partial charge is 0.497 e. The topological polar surface area (TPSA) is 46.5 Å². The van der Waals surface area contributed by atoms with Gasteiger partial charge in [-0.25, -0.2) is 0 Å². The van der Waals surface area contributed by atoms with Gasteiger partial charge in [-0.1, -0.05) is 39.7 Å². The van der Waals surface area contributed by atoms with Crippen LogP contribution >= 0.6 is 27.5 Å². The Balaban J connectivity index is 2.35. The molecular formula is C16H14BrClO3. The first-order valence-electron chi connectivity index (χ1n) is 6.32. The number of rotatable bonds is 5. The lowest BCUT2D eigenvalue weighted by atomic mass is 9.92. The summed E-state index contributed by atoms with van der Waals surface area (Å²) in [5.41, 5.74) is 1.56. The predicted octanol–water partition coefficient (Wildman–Crippen LogP) is 4.52. The van der Waals surface area contributed by atoms with Gasteiger partial charge in [0.2, 0.25) is 0 Å². The number of carbonyl (C=O) groups is 1. The van der Waals surface area contributed by atoms with Gasteiger partial charge < -0.3 is 9.84 Å². The monoisotopic (exact) mass is 368 g/mol. The second-order valence-electron chi connectivity index (χ2n) is 4.61. The Hall–Kier alpha value is -1.52. The second-order valence-corrected chi connectivity index (χ2v) is 5.90. The third kappa shape index (κ3) is 3.99. The maximum atomic E-state index is 11.6. The van der Waals surface area contributed by atoms with Gasteiger partial charge >= 0.3 is 5.97 Å². The molecular weight excluding hydrogens is 356 g/mol. The molecule has 2 aromatic carbocycles. The number of hydrogen-bond acceptors (Lipinski definition) is 2. The van der Waals surface area contributed by atoms with Crippen molar-refractivity contribution >= 4 is 33.5 Å². The molecule has 0 aromatic heterocycles. The number of carboxylic acid groups (broad SMARTS) is 1. The minimum Gasteiger partial charge on any atom is -0.497 e. The Kier molecular flexibility index (Phi) is 5.26. The van der Waals surface area contributed by atoms with Gasteiger partial charge in [0.05, 0.1) is 13.0 Å². The van der Waals surface area contributed by atoms with Crippen LogP contribution in [0.5, 0.6) is 5.75 Å². The molecule has 3 nitrogen and oxygen atoms in total. The van der Waals surface area contributed by atoms with Crippen LogP contribution in [0.1, 0.15) is 17.0 Å². The number of benzene rings is 2. The summed E-state index contributed by atoms with van der Waals surface area (Å²) in [7, 11) is 1.58. The maximum absolute atomic E-state index is 11.6. The molecule has 0 saturated heterocycles. The van der Waals surface area contributed by atoms with Crippen molar-refractivity contribution in [3.05, 3.63) is 63.1 Å². The molecule has 1 N–H and O–H groups in total. The lowest BCUT2D eigenvalue weighted by molar-refractivity contribution is -0.138. The van der Waals surface area contributed by atoms with Crippen LogP contribution in [0.2, 0.25) is 5.02 Å². The molecule has 0 aliphatic rings. The smallest absolute Gasteiger partial charge is 0.311 e. The van der Waals surface area contributed by atoms with Crippen molar-refractivity contribution in [3.8, 4) is 5.75 Å². The van der Waals surface area contributed by atoms with E-state index >= 15 is 0 Å². The first-order chi connectivity index (χ1) is 10.0. The van der Waals surface area contributed by atoms with Crippen LogP contribution in [0.25, 0.3) is 0 Å². The Morgan fingerprint density at radius 3 is 2.71 bits per heavy atom. The molecule has 0 spiro atoms. The highest BCUT2D eigenvalue weighted by Crippen LogP contribution is 2.29. The average molecular weight is 370 g/mol. The number of halogens is 2. The average Bonchev–Trinajstić information content (AvgIpc) is 2.46. The molecule has 0 saturated carbocycles. The van der Waals surface area contributed by atoms with Gasteiger partial charge in [0, 0.05) is 9.50 Å². The summed E-state index contributed by atoms with van der Waals surface area (Å²) in [6, 6.07) is 12.5. The Morgan fingerprint density at radius 2 is 2.10 bits per heavy atom. The van der Waals surface area contributed by atoms with E-state index in [1.165, 1.54) is 0 Å². The Morgan fingerprint density at radius 1 is 1.33 bits per heavy atom. The highest BCUT2D eigenvalue weighted by atomic mass is 79.9. The first kappa shape index (κ1) is 15.9. The molecule has 110 valence electrons. The van der Waals surface area contributed by atoms with Crippen LogP contribution < -0.4 is 4.74 Å². The van der Waals surface area contributed by atoms with Crippen LogP contribution in [0.3, 0.4) is 0 Å². The van der Waals surface area contributed by atoms with Gasteiger partial charge in [-0.3, -0.25) is 4.79 Å². The molecule has 1 atom stereocenters. The minimum atomic E-state index is -0.882. The molecule has 0 heterocycles. The van der Waals surface area contributed by atoms with Gasteiger partial charge in [0.1, 0.15) is 5.75 Å². The van der Waals surface area contributed by atoms with Crippen LogP contribution in [-0.2, 0) is 11.2 Å². The lowest BCUT2D eigenvalue weighted by Gasteiger charge is -2.15. The fourth-order valence-corrected chi connectivity index (χ4v) is 2.73. The number of hydrogen-bond donors (Lipinski definition) is 1. The summed E-state index contributed by atoms with van der Waals surface area (Å²) >= 11 is 9.40. The SMILES string of the molecule is COc1ccc(Br)c(CC(C(=O)O)c2cccc(Cl)c2)c1. The van der Waals surface area contributed by atoms with E-state index in [1.807, 2.05) is 18.2 Å². The molecule has 0 aliphatic heterocycles. The lowest BCUT2D eigenvalue weighted by Crippen LogP contribution is -2.14. The van der Waals surface area contributed by atoms with Gasteiger partial charge in [-0.05, 0) is 47.9 Å². The molecule has 0 bridgehead atoms. The van der Waals surface area contributed by atoms with Crippen molar-refractivity contribution < 1.29 is 14.6 Å². The van der Waals surface area contributed by atoms with Crippen molar-refractivity contribution in [1.29, 1.82) is 0 Å². The summed E-state index contributed by atoms with van der Waals surface area (Å²) in [4.78, 5) is 11.6. The number of carboxylic acids is 1. The predicted molar refractivity (Wildman–Crippen MR) is 86.2 cm³/mol. The van der Waals surface area contributed by atoms with Crippen molar-refractivity contribution in [1.82, 2.24) is 0 Å². The molecule has 1 unspecified atom stereocenters. The standard InChI is InChI=1S/C16H14BrClO3/c1-21-13-5-6-15(17)11(8-13)9-14(16(19)20)10-3-2-4-12(18)7-10/h2-8,14H,9H2,1H3,(H,19,20). The number of methoxy groups -OCH3 is 1. The van der Waals surface area contributed by atoms with E-state index in [4.69, 9.17) is 16.3 Å². The zero-order valence-electron chi connectivity index (χ0n) is 11.3. The zero-order chi connectivity index (χ0) is 15.4. The van der Waals surface area contributed by atoms with Crippen LogP contribution in [0.4, 0.5) is 0 Å². The molecule has 0 radical (unpaired) electrons. The minimum absolute atomic E-state index is 0.355. The van der Waals surface area contributed by atoms with E-state index in [0.29, 0.717) is 22.8 Å². The summed E-state index contributed by atoms with van der Waals surface area (Å²) in [5, 5.41) is 10.0. The quantitative estimate of drug-likeness (QED) is 0.843. The van der Waals surface area contributed by atoms with Crippen LogP contribution in [0, 0.1) is 0 Å². The Bertz CT molecular complexity index is 658. The highest BCUT2D eigenvalue weighted by molar-refractivity contribution is 9.10. The maximum Gasteiger partial charge on any atom is 0.311 e. The van der Waals surface area contributed by atoms with E-state index in [0.717, 1.165) is 10.0 Å². The molecule has 2 aromatic rings. The van der Waals surface area contributed by atoms with E-state index in [1.54, 1.807) is 31.4 Å². The van der Waals surface area contributed by atoms with Gasteiger partial charge in [0.15, 0.2) is 0 Å². The summed E-state index contributed by atoms with van der Waals surface area (Å²) in [6.07, 6.45) is 0.355. The van der Waals surface area contributed by atoms with Crippen molar-refractivity contribution in [2.45, 2.75) is 12.3 Å². The molecule has 0 fully saturated rings. The van der Waals surface area contributed by atoms with E-state index in [2.05, 4.69) is 15.9 Å². The van der Waals surface area contributed by atoms with E-state index < -0.39 is 11.9 Å². The number of ether oxygens (including phenoxy) is 1. The van der Waals surface area contributed by atoms with Gasteiger partial charge in [0.25, 0.3) is 0 Å². The Labute approximate surface area is 136 Å². The van der Waals surface area contributed by atoms with Crippen molar-refractivity contribution in [2.24, 2.45) is 0 Å². The normalized spacial score (nSPS) is 12.0. The van der Waals surface area contributed by atoms with Crippen molar-refractivity contribution in [2.75, 3.05) is 7.11 Å². The highest BCUT2D eigenvalue weighted by Gasteiger charge is 2.22. The number of aliphatic carboxylic acids is 1. The van der Waals surface area contributed by atoms with Crippen molar-refractivity contribution in [3.63, 3.8) is 0 Å². The third-order valence-corrected chi connectivity index (χ3v) is 4.23. The second kappa shape index (κ2) is 6.96. The van der Waals surface area contributed by atoms with E-state index in [-0.39, 0.29) is 0 Å². The summed E-state index contributed by atoms with van der Waals surface area (Å²) in [6.45, 7) is 0.